The van der Waals surface area contributed by atoms with Crippen LogP contribution >= 0.6 is 0 Å². The van der Waals surface area contributed by atoms with Crippen molar-refractivity contribution < 1.29 is 5.11 Å². The first-order valence-electron chi connectivity index (χ1n) is 6.26. The van der Waals surface area contributed by atoms with E-state index in [-0.39, 0.29) is 6.10 Å². The number of rotatable bonds is 5. The van der Waals surface area contributed by atoms with E-state index in [1.54, 1.807) is 6.20 Å². The number of fused-ring (bicyclic) bond motifs is 1. The number of aromatic nitrogens is 1. The lowest BCUT2D eigenvalue weighted by Crippen LogP contribution is -2.12. The Morgan fingerprint density at radius 3 is 2.94 bits per heavy atom. The van der Waals surface area contributed by atoms with Gasteiger partial charge in [-0.2, -0.15) is 0 Å². The molecule has 1 unspecified atom stereocenters. The minimum absolute atomic E-state index is 0.240. The van der Waals surface area contributed by atoms with Crippen LogP contribution in [0.1, 0.15) is 19.8 Å². The minimum atomic E-state index is -0.240. The van der Waals surface area contributed by atoms with Gasteiger partial charge in [-0.25, -0.2) is 0 Å². The Labute approximate surface area is 107 Å². The number of aliphatic hydroxyl groups excluding tert-OH is 1. The number of benzene rings is 1. The van der Waals surface area contributed by atoms with Crippen LogP contribution in [-0.2, 0) is 0 Å². The van der Waals surface area contributed by atoms with Gasteiger partial charge in [0.05, 0.1) is 6.10 Å². The van der Waals surface area contributed by atoms with Gasteiger partial charge in [-0.1, -0.05) is 6.92 Å². The van der Waals surface area contributed by atoms with Gasteiger partial charge in [0, 0.05) is 41.1 Å². The third-order valence-corrected chi connectivity index (χ3v) is 3.12. The van der Waals surface area contributed by atoms with Crippen LogP contribution in [0, 0.1) is 0 Å². The zero-order chi connectivity index (χ0) is 13.0. The zero-order valence-electron chi connectivity index (χ0n) is 10.6. The van der Waals surface area contributed by atoms with Gasteiger partial charge in [0.15, 0.2) is 0 Å². The first kappa shape index (κ1) is 12.6. The Kier molecular flexibility index (Phi) is 3.99. The van der Waals surface area contributed by atoms with E-state index < -0.39 is 0 Å². The van der Waals surface area contributed by atoms with E-state index in [0.717, 1.165) is 41.5 Å². The van der Waals surface area contributed by atoms with Crippen molar-refractivity contribution in [3.8, 4) is 0 Å². The maximum absolute atomic E-state index is 9.52. The molecule has 4 heteroatoms. The van der Waals surface area contributed by atoms with Crippen molar-refractivity contribution in [1.82, 2.24) is 4.98 Å². The predicted octanol–water partition coefficient (Wildman–Crippen LogP) is 2.39. The lowest BCUT2D eigenvalue weighted by molar-refractivity contribution is 0.164. The van der Waals surface area contributed by atoms with Crippen LogP contribution in [0.25, 0.3) is 10.8 Å². The van der Waals surface area contributed by atoms with Gasteiger partial charge in [-0.15, -0.1) is 0 Å². The van der Waals surface area contributed by atoms with E-state index in [0.29, 0.717) is 0 Å². The summed E-state index contributed by atoms with van der Waals surface area (Å²) in [5.41, 5.74) is 7.69. The summed E-state index contributed by atoms with van der Waals surface area (Å²) in [7, 11) is 0. The molecule has 96 valence electrons. The summed E-state index contributed by atoms with van der Waals surface area (Å²) in [4.78, 5) is 4.13. The molecule has 18 heavy (non-hydrogen) atoms. The van der Waals surface area contributed by atoms with Crippen molar-refractivity contribution in [2.45, 2.75) is 25.9 Å². The summed E-state index contributed by atoms with van der Waals surface area (Å²) in [5.74, 6) is 0. The molecule has 4 N–H and O–H groups in total. The normalized spacial score (nSPS) is 12.6. The third-order valence-electron chi connectivity index (χ3n) is 3.12. The van der Waals surface area contributed by atoms with E-state index in [2.05, 4.69) is 10.3 Å². The summed E-state index contributed by atoms with van der Waals surface area (Å²) >= 11 is 0. The van der Waals surface area contributed by atoms with Crippen LogP contribution in [-0.4, -0.2) is 22.7 Å². The van der Waals surface area contributed by atoms with E-state index in [9.17, 15) is 5.11 Å². The van der Waals surface area contributed by atoms with Crippen LogP contribution in [0.15, 0.2) is 30.6 Å². The SMILES string of the molecule is CCC(O)CCNc1ccc(N)c2ccncc12. The number of nitrogens with zero attached hydrogens (tertiary/aromatic N) is 1. The van der Waals surface area contributed by atoms with Gasteiger partial charge < -0.3 is 16.2 Å². The number of pyridine rings is 1. The standard InChI is InChI=1S/C14H19N3O/c1-2-10(18)5-8-17-14-4-3-13(15)11-6-7-16-9-12(11)14/h3-4,6-7,9-10,17-18H,2,5,8,15H2,1H3. The Morgan fingerprint density at radius 1 is 1.33 bits per heavy atom. The summed E-state index contributed by atoms with van der Waals surface area (Å²) in [6.07, 6.45) is 4.83. The molecule has 0 spiro atoms. The molecule has 0 aliphatic heterocycles. The summed E-state index contributed by atoms with van der Waals surface area (Å²) in [6, 6.07) is 5.76. The van der Waals surface area contributed by atoms with Crippen LogP contribution < -0.4 is 11.1 Å². The van der Waals surface area contributed by atoms with E-state index in [1.807, 2.05) is 31.3 Å². The van der Waals surface area contributed by atoms with Crippen LogP contribution in [0.2, 0.25) is 0 Å². The zero-order valence-corrected chi connectivity index (χ0v) is 10.6. The van der Waals surface area contributed by atoms with E-state index in [1.165, 1.54) is 0 Å². The second-order valence-electron chi connectivity index (χ2n) is 4.40. The molecule has 0 aliphatic rings. The number of aliphatic hydroxyl groups is 1. The molecule has 2 rings (SSSR count). The topological polar surface area (TPSA) is 71.2 Å². The van der Waals surface area contributed by atoms with Crippen molar-refractivity contribution >= 4 is 22.1 Å². The summed E-state index contributed by atoms with van der Waals surface area (Å²) in [5, 5.41) is 14.9. The van der Waals surface area contributed by atoms with Gasteiger partial charge in [0.25, 0.3) is 0 Å². The molecular formula is C14H19N3O. The molecule has 0 radical (unpaired) electrons. The molecule has 2 aromatic rings. The molecule has 0 fully saturated rings. The summed E-state index contributed by atoms with van der Waals surface area (Å²) in [6.45, 7) is 2.72. The Bertz CT molecular complexity index is 527. The number of nitrogens with one attached hydrogen (secondary N) is 1. The van der Waals surface area contributed by atoms with Gasteiger partial charge in [-0.3, -0.25) is 4.98 Å². The van der Waals surface area contributed by atoms with Crippen LogP contribution in [0.3, 0.4) is 0 Å². The number of nitrogens with two attached hydrogens (primary N) is 1. The molecule has 1 aromatic carbocycles. The predicted molar refractivity (Wildman–Crippen MR) is 75.6 cm³/mol. The lowest BCUT2D eigenvalue weighted by atomic mass is 10.1. The summed E-state index contributed by atoms with van der Waals surface area (Å²) < 4.78 is 0. The number of hydrogen-bond acceptors (Lipinski definition) is 4. The fourth-order valence-corrected chi connectivity index (χ4v) is 1.95. The Balaban J connectivity index is 2.16. The molecule has 0 saturated heterocycles. The highest BCUT2D eigenvalue weighted by molar-refractivity contribution is 6.00. The van der Waals surface area contributed by atoms with Gasteiger partial charge >= 0.3 is 0 Å². The molecule has 0 aliphatic carbocycles. The van der Waals surface area contributed by atoms with Crippen molar-refractivity contribution in [3.05, 3.63) is 30.6 Å². The molecule has 0 amide bonds. The number of hydrogen-bond donors (Lipinski definition) is 3. The third kappa shape index (κ3) is 2.71. The lowest BCUT2D eigenvalue weighted by Gasteiger charge is -2.12. The first-order valence-corrected chi connectivity index (χ1v) is 6.26. The highest BCUT2D eigenvalue weighted by Gasteiger charge is 2.05. The van der Waals surface area contributed by atoms with Crippen LogP contribution in [0.4, 0.5) is 11.4 Å². The van der Waals surface area contributed by atoms with E-state index in [4.69, 9.17) is 5.73 Å². The van der Waals surface area contributed by atoms with Crippen molar-refractivity contribution in [2.75, 3.05) is 17.6 Å². The molecule has 0 bridgehead atoms. The smallest absolute Gasteiger partial charge is 0.0554 e. The molecule has 4 nitrogen and oxygen atoms in total. The van der Waals surface area contributed by atoms with Gasteiger partial charge in [0.2, 0.25) is 0 Å². The first-order chi connectivity index (χ1) is 8.72. The second kappa shape index (κ2) is 5.69. The average Bonchev–Trinajstić information content (AvgIpc) is 2.41. The largest absolute Gasteiger partial charge is 0.398 e. The Hall–Kier alpha value is -1.81. The van der Waals surface area contributed by atoms with Crippen LogP contribution in [0.5, 0.6) is 0 Å². The fraction of sp³-hybridized carbons (Fsp3) is 0.357. The quantitative estimate of drug-likeness (QED) is 0.707. The van der Waals surface area contributed by atoms with E-state index >= 15 is 0 Å². The van der Waals surface area contributed by atoms with Gasteiger partial charge in [0.1, 0.15) is 0 Å². The molecule has 0 saturated carbocycles. The van der Waals surface area contributed by atoms with Gasteiger partial charge in [-0.05, 0) is 31.0 Å². The average molecular weight is 245 g/mol. The second-order valence-corrected chi connectivity index (χ2v) is 4.40. The van der Waals surface area contributed by atoms with Crippen molar-refractivity contribution in [2.24, 2.45) is 0 Å². The maximum Gasteiger partial charge on any atom is 0.0554 e. The van der Waals surface area contributed by atoms with Crippen molar-refractivity contribution in [1.29, 1.82) is 0 Å². The maximum atomic E-state index is 9.52. The fourth-order valence-electron chi connectivity index (χ4n) is 1.95. The number of nitrogen functional groups attached to an aromatic ring is 1. The number of anilines is 2. The molecule has 1 heterocycles. The molecular weight excluding hydrogens is 226 g/mol. The highest BCUT2D eigenvalue weighted by atomic mass is 16.3. The molecule has 1 atom stereocenters. The minimum Gasteiger partial charge on any atom is -0.398 e. The molecule has 1 aromatic heterocycles. The monoisotopic (exact) mass is 245 g/mol. The Morgan fingerprint density at radius 2 is 2.17 bits per heavy atom. The van der Waals surface area contributed by atoms with Crippen molar-refractivity contribution in [3.63, 3.8) is 0 Å². The highest BCUT2D eigenvalue weighted by Crippen LogP contribution is 2.27.